The first-order valence-corrected chi connectivity index (χ1v) is 6.23. The molecule has 0 atom stereocenters. The molecule has 0 fully saturated rings. The van der Waals surface area contributed by atoms with Gasteiger partial charge in [0.1, 0.15) is 5.92 Å². The molecule has 0 radical (unpaired) electrons. The highest BCUT2D eigenvalue weighted by Crippen LogP contribution is 2.25. The van der Waals surface area contributed by atoms with Gasteiger partial charge in [-0.1, -0.05) is 32.9 Å². The van der Waals surface area contributed by atoms with Crippen molar-refractivity contribution in [1.82, 2.24) is 0 Å². The molecule has 0 aliphatic carbocycles. The number of carbonyl (C=O) groups is 1. The van der Waals surface area contributed by atoms with Crippen LogP contribution >= 0.6 is 0 Å². The summed E-state index contributed by atoms with van der Waals surface area (Å²) in [4.78, 5) is 12.2. The maximum Gasteiger partial charge on any atom is 0.165 e. The van der Waals surface area contributed by atoms with Crippen LogP contribution in [0.3, 0.4) is 0 Å². The van der Waals surface area contributed by atoms with E-state index in [9.17, 15) is 4.79 Å². The van der Waals surface area contributed by atoms with Crippen LogP contribution in [0.1, 0.15) is 48.7 Å². The third-order valence-electron chi connectivity index (χ3n) is 3.11. The molecule has 0 aliphatic rings. The van der Waals surface area contributed by atoms with Gasteiger partial charge in [-0.2, -0.15) is 10.5 Å². The maximum atomic E-state index is 12.2. The molecule has 19 heavy (non-hydrogen) atoms. The number of hydrogen-bond acceptors (Lipinski definition) is 3. The Balaban J connectivity index is 3.11. The van der Waals surface area contributed by atoms with E-state index in [2.05, 4.69) is 20.8 Å². The fourth-order valence-electron chi connectivity index (χ4n) is 1.80. The van der Waals surface area contributed by atoms with Crippen LogP contribution in [0.2, 0.25) is 0 Å². The minimum absolute atomic E-state index is 0.0351. The molecule has 0 saturated carbocycles. The van der Waals surface area contributed by atoms with Gasteiger partial charge >= 0.3 is 0 Å². The highest BCUT2D eigenvalue weighted by molar-refractivity contribution is 5.98. The van der Waals surface area contributed by atoms with Crippen molar-refractivity contribution in [2.24, 2.45) is 5.92 Å². The van der Waals surface area contributed by atoms with Crippen LogP contribution in [0.5, 0.6) is 0 Å². The summed E-state index contributed by atoms with van der Waals surface area (Å²) >= 11 is 0. The van der Waals surface area contributed by atoms with Gasteiger partial charge in [-0.15, -0.1) is 0 Å². The van der Waals surface area contributed by atoms with Crippen molar-refractivity contribution in [2.45, 2.75) is 39.5 Å². The first kappa shape index (κ1) is 14.9. The molecule has 0 amide bonds. The first-order chi connectivity index (χ1) is 8.79. The fraction of sp³-hybridized carbons (Fsp3) is 0.438. The molecule has 1 aromatic rings. The predicted octanol–water partition coefficient (Wildman–Crippen LogP) is 3.53. The summed E-state index contributed by atoms with van der Waals surface area (Å²) in [7, 11) is 0. The summed E-state index contributed by atoms with van der Waals surface area (Å²) in [5.41, 5.74) is 2.54. The second-order valence-corrected chi connectivity index (χ2v) is 5.72. The van der Waals surface area contributed by atoms with Crippen LogP contribution in [-0.2, 0) is 5.41 Å². The highest BCUT2D eigenvalue weighted by Gasteiger charge is 2.19. The van der Waals surface area contributed by atoms with Gasteiger partial charge in [0.2, 0.25) is 0 Å². The normalized spacial score (nSPS) is 10.9. The summed E-state index contributed by atoms with van der Waals surface area (Å²) in [5.74, 6) is -1.01. The minimum atomic E-state index is -0.870. The van der Waals surface area contributed by atoms with Crippen LogP contribution in [0.4, 0.5) is 0 Å². The molecule has 98 valence electrons. The van der Waals surface area contributed by atoms with Gasteiger partial charge in [0.25, 0.3) is 0 Å². The molecule has 0 saturated heterocycles. The molecule has 0 N–H and O–H groups in total. The molecule has 0 aliphatic heterocycles. The van der Waals surface area contributed by atoms with Gasteiger partial charge in [0.15, 0.2) is 5.78 Å². The van der Waals surface area contributed by atoms with E-state index in [0.717, 1.165) is 11.1 Å². The third-order valence-corrected chi connectivity index (χ3v) is 3.11. The van der Waals surface area contributed by atoms with Gasteiger partial charge in [0, 0.05) is 12.0 Å². The molecule has 1 rings (SSSR count). The smallest absolute Gasteiger partial charge is 0.165 e. The molecule has 0 bridgehead atoms. The summed E-state index contributed by atoms with van der Waals surface area (Å²) in [6.07, 6.45) is -0.0402. The van der Waals surface area contributed by atoms with Crippen molar-refractivity contribution in [3.63, 3.8) is 0 Å². The molecule has 1 aromatic carbocycles. The third kappa shape index (κ3) is 3.66. The van der Waals surface area contributed by atoms with Gasteiger partial charge in [-0.25, -0.2) is 0 Å². The second-order valence-electron chi connectivity index (χ2n) is 5.72. The van der Waals surface area contributed by atoms with Crippen LogP contribution in [0.15, 0.2) is 18.2 Å². The summed E-state index contributed by atoms with van der Waals surface area (Å²) in [5, 5.41) is 17.5. The Morgan fingerprint density at radius 2 is 1.84 bits per heavy atom. The first-order valence-electron chi connectivity index (χ1n) is 6.23. The van der Waals surface area contributed by atoms with E-state index < -0.39 is 5.92 Å². The number of benzene rings is 1. The largest absolute Gasteiger partial charge is 0.294 e. The van der Waals surface area contributed by atoms with Crippen molar-refractivity contribution in [3.8, 4) is 12.1 Å². The molecule has 0 unspecified atom stereocenters. The lowest BCUT2D eigenvalue weighted by atomic mass is 9.84. The summed E-state index contributed by atoms with van der Waals surface area (Å²) in [6, 6.07) is 9.48. The second kappa shape index (κ2) is 5.67. The average Bonchev–Trinajstić information content (AvgIpc) is 2.34. The number of nitriles is 2. The summed E-state index contributed by atoms with van der Waals surface area (Å²) in [6.45, 7) is 8.12. The Kier molecular flexibility index (Phi) is 4.46. The van der Waals surface area contributed by atoms with E-state index in [4.69, 9.17) is 10.5 Å². The van der Waals surface area contributed by atoms with Crippen molar-refractivity contribution in [3.05, 3.63) is 34.9 Å². The Morgan fingerprint density at radius 1 is 1.26 bits per heavy atom. The standard InChI is InChI=1S/C16H18N2O/c1-11-5-6-13(16(2,3)4)8-14(11)15(19)7-12(9-17)10-18/h5-6,8,12H,7H2,1-4H3. The Hall–Kier alpha value is -2.13. The van der Waals surface area contributed by atoms with Crippen molar-refractivity contribution in [1.29, 1.82) is 10.5 Å². The lowest BCUT2D eigenvalue weighted by Crippen LogP contribution is -2.14. The quantitative estimate of drug-likeness (QED) is 0.775. The van der Waals surface area contributed by atoms with E-state index in [1.165, 1.54) is 0 Å². The van der Waals surface area contributed by atoms with Crippen LogP contribution < -0.4 is 0 Å². The van der Waals surface area contributed by atoms with Crippen molar-refractivity contribution in [2.75, 3.05) is 0 Å². The average molecular weight is 254 g/mol. The van der Waals surface area contributed by atoms with Gasteiger partial charge in [-0.3, -0.25) is 4.79 Å². The number of rotatable bonds is 3. The minimum Gasteiger partial charge on any atom is -0.294 e. The van der Waals surface area contributed by atoms with Crippen molar-refractivity contribution >= 4 is 5.78 Å². The highest BCUT2D eigenvalue weighted by atomic mass is 16.1. The Morgan fingerprint density at radius 3 is 2.32 bits per heavy atom. The zero-order valence-electron chi connectivity index (χ0n) is 11.8. The van der Waals surface area contributed by atoms with E-state index in [1.54, 1.807) is 0 Å². The van der Waals surface area contributed by atoms with E-state index in [-0.39, 0.29) is 17.6 Å². The topological polar surface area (TPSA) is 64.7 Å². The maximum absolute atomic E-state index is 12.2. The van der Waals surface area contributed by atoms with E-state index in [0.29, 0.717) is 5.56 Å². The van der Waals surface area contributed by atoms with Crippen LogP contribution in [0, 0.1) is 35.5 Å². The Labute approximate surface area is 114 Å². The van der Waals surface area contributed by atoms with Crippen LogP contribution in [-0.4, -0.2) is 5.78 Å². The molecule has 3 heteroatoms. The molecule has 0 aromatic heterocycles. The number of aryl methyl sites for hydroxylation is 1. The molecule has 3 nitrogen and oxygen atoms in total. The predicted molar refractivity (Wildman–Crippen MR) is 73.5 cm³/mol. The fourth-order valence-corrected chi connectivity index (χ4v) is 1.80. The number of carbonyl (C=O) groups excluding carboxylic acids is 1. The lowest BCUT2D eigenvalue weighted by Gasteiger charge is -2.20. The Bertz CT molecular complexity index is 554. The lowest BCUT2D eigenvalue weighted by molar-refractivity contribution is 0.0976. The van der Waals surface area contributed by atoms with Gasteiger partial charge in [-0.05, 0) is 29.5 Å². The van der Waals surface area contributed by atoms with Gasteiger partial charge < -0.3 is 0 Å². The zero-order chi connectivity index (χ0) is 14.6. The number of nitrogens with zero attached hydrogens (tertiary/aromatic N) is 2. The van der Waals surface area contributed by atoms with E-state index in [1.807, 2.05) is 37.3 Å². The number of ketones is 1. The summed E-state index contributed by atoms with van der Waals surface area (Å²) < 4.78 is 0. The molecular formula is C16H18N2O. The number of Topliss-reactive ketones (excluding diaryl/α,β-unsaturated/α-hetero) is 1. The SMILES string of the molecule is Cc1ccc(C(C)(C)C)cc1C(=O)CC(C#N)C#N. The van der Waals surface area contributed by atoms with Gasteiger partial charge in [0.05, 0.1) is 12.1 Å². The van der Waals surface area contributed by atoms with Crippen LogP contribution in [0.25, 0.3) is 0 Å². The van der Waals surface area contributed by atoms with Crippen molar-refractivity contribution < 1.29 is 4.79 Å². The van der Waals surface area contributed by atoms with E-state index >= 15 is 0 Å². The molecular weight excluding hydrogens is 236 g/mol. The monoisotopic (exact) mass is 254 g/mol. The molecule has 0 spiro atoms. The number of hydrogen-bond donors (Lipinski definition) is 0. The molecule has 0 heterocycles. The zero-order valence-corrected chi connectivity index (χ0v) is 11.8.